The average molecular weight is 471 g/mol. The summed E-state index contributed by atoms with van der Waals surface area (Å²) in [5, 5.41) is 9.16. The molecular weight excluding hydrogens is 448 g/mol. The van der Waals surface area contributed by atoms with Gasteiger partial charge in [0, 0.05) is 16.3 Å². The number of methoxy groups -OCH3 is 1. The van der Waals surface area contributed by atoms with Crippen LogP contribution in [-0.4, -0.2) is 33.6 Å². The van der Waals surface area contributed by atoms with Gasteiger partial charge in [-0.05, 0) is 36.4 Å². The van der Waals surface area contributed by atoms with Gasteiger partial charge >= 0.3 is 5.97 Å². The van der Waals surface area contributed by atoms with E-state index in [-0.39, 0.29) is 0 Å². The van der Waals surface area contributed by atoms with Crippen LogP contribution >= 0.6 is 23.4 Å². The van der Waals surface area contributed by atoms with Crippen LogP contribution in [0.2, 0.25) is 5.02 Å². The Balaban J connectivity index is 1.76. The molecule has 1 aliphatic heterocycles. The number of hydrogen-bond donors (Lipinski definition) is 1. The minimum absolute atomic E-state index is 0.358. The molecule has 1 aromatic heterocycles. The van der Waals surface area contributed by atoms with Crippen molar-refractivity contribution in [3.05, 3.63) is 76.0 Å². The van der Waals surface area contributed by atoms with E-state index in [4.69, 9.17) is 21.1 Å². The molecule has 0 fully saturated rings. The molecule has 0 spiro atoms. The molecule has 1 unspecified atom stereocenters. The van der Waals surface area contributed by atoms with Crippen molar-refractivity contribution in [2.45, 2.75) is 31.7 Å². The molecule has 2 heterocycles. The second-order valence-electron chi connectivity index (χ2n) is 7.11. The number of nitrogens with one attached hydrogen (secondary N) is 1. The van der Waals surface area contributed by atoms with E-state index in [1.54, 1.807) is 4.68 Å². The maximum absolute atomic E-state index is 12.8. The zero-order valence-corrected chi connectivity index (χ0v) is 19.5. The molecule has 32 heavy (non-hydrogen) atoms. The summed E-state index contributed by atoms with van der Waals surface area (Å²) in [5.74, 6) is 1.63. The highest BCUT2D eigenvalue weighted by Gasteiger charge is 2.36. The largest absolute Gasteiger partial charge is 0.489 e. The first-order chi connectivity index (χ1) is 15.5. The third kappa shape index (κ3) is 4.47. The van der Waals surface area contributed by atoms with E-state index in [0.29, 0.717) is 39.8 Å². The van der Waals surface area contributed by atoms with Gasteiger partial charge in [0.05, 0.1) is 12.7 Å². The lowest BCUT2D eigenvalue weighted by Crippen LogP contribution is -2.29. The highest BCUT2D eigenvalue weighted by atomic mass is 35.5. The van der Waals surface area contributed by atoms with Crippen molar-refractivity contribution in [1.29, 1.82) is 0 Å². The molecule has 1 atom stereocenters. The maximum Gasteiger partial charge on any atom is 0.338 e. The molecule has 0 radical (unpaired) electrons. The number of halogens is 1. The smallest absolute Gasteiger partial charge is 0.338 e. The fourth-order valence-corrected chi connectivity index (χ4v) is 4.24. The minimum atomic E-state index is -0.543. The number of carbonyl (C=O) groups excluding carboxylic acids is 1. The molecule has 0 bridgehead atoms. The standard InChI is InChI=1S/C23H23ClN4O3S/c1-4-32-23-26-22-25-14(2)19(21(29)30-3)20(28(22)27-23)17-7-5-6-8-18(17)31-13-15-9-11-16(24)12-10-15/h5-12,20H,4,13H2,1-3H3,(H,25,26,27). The number of thioether (sulfide) groups is 1. The number of esters is 1. The first kappa shape index (κ1) is 22.2. The van der Waals surface area contributed by atoms with Crippen LogP contribution in [0, 0.1) is 0 Å². The van der Waals surface area contributed by atoms with Crippen LogP contribution < -0.4 is 10.1 Å². The van der Waals surface area contributed by atoms with Crippen LogP contribution in [0.3, 0.4) is 0 Å². The summed E-state index contributed by atoms with van der Waals surface area (Å²) in [6.45, 7) is 4.23. The Kier molecular flexibility index (Phi) is 6.72. The second-order valence-corrected chi connectivity index (χ2v) is 8.77. The summed E-state index contributed by atoms with van der Waals surface area (Å²) in [7, 11) is 1.37. The Hall–Kier alpha value is -2.97. The Morgan fingerprint density at radius 2 is 1.97 bits per heavy atom. The van der Waals surface area contributed by atoms with Crippen molar-refractivity contribution in [2.24, 2.45) is 0 Å². The van der Waals surface area contributed by atoms with Crippen LogP contribution in [0.5, 0.6) is 5.75 Å². The summed E-state index contributed by atoms with van der Waals surface area (Å²) in [6.07, 6.45) is 0. The number of anilines is 1. The number of aromatic nitrogens is 3. The number of rotatable bonds is 7. The molecule has 4 rings (SSSR count). The van der Waals surface area contributed by atoms with Gasteiger partial charge in [0.15, 0.2) is 0 Å². The van der Waals surface area contributed by atoms with E-state index in [9.17, 15) is 4.79 Å². The first-order valence-electron chi connectivity index (χ1n) is 10.1. The SMILES string of the molecule is CCSc1nc2n(n1)C(c1ccccc1OCc1ccc(Cl)cc1)C(C(=O)OC)=C(C)N2. The van der Waals surface area contributed by atoms with Crippen molar-refractivity contribution in [3.63, 3.8) is 0 Å². The molecule has 7 nitrogen and oxygen atoms in total. The van der Waals surface area contributed by atoms with Crippen molar-refractivity contribution in [1.82, 2.24) is 14.8 Å². The van der Waals surface area contributed by atoms with Crippen molar-refractivity contribution >= 4 is 35.3 Å². The number of allylic oxidation sites excluding steroid dienone is 1. The van der Waals surface area contributed by atoms with Gasteiger partial charge < -0.3 is 14.8 Å². The third-order valence-corrected chi connectivity index (χ3v) is 6.00. The monoisotopic (exact) mass is 470 g/mol. The van der Waals surface area contributed by atoms with Gasteiger partial charge in [-0.3, -0.25) is 0 Å². The van der Waals surface area contributed by atoms with Crippen LogP contribution in [0.25, 0.3) is 0 Å². The highest BCUT2D eigenvalue weighted by Crippen LogP contribution is 2.40. The zero-order valence-electron chi connectivity index (χ0n) is 18.0. The fourth-order valence-electron chi connectivity index (χ4n) is 3.56. The van der Waals surface area contributed by atoms with Crippen LogP contribution in [0.4, 0.5) is 5.95 Å². The number of nitrogens with zero attached hydrogens (tertiary/aromatic N) is 3. The van der Waals surface area contributed by atoms with E-state index in [1.807, 2.05) is 62.4 Å². The molecule has 0 amide bonds. The van der Waals surface area contributed by atoms with E-state index < -0.39 is 12.0 Å². The lowest BCUT2D eigenvalue weighted by Gasteiger charge is -2.29. The number of hydrogen-bond acceptors (Lipinski definition) is 7. The molecule has 3 aromatic rings. The molecular formula is C23H23ClN4O3S. The van der Waals surface area contributed by atoms with Gasteiger partial charge in [-0.2, -0.15) is 4.98 Å². The predicted octanol–water partition coefficient (Wildman–Crippen LogP) is 5.08. The lowest BCUT2D eigenvalue weighted by molar-refractivity contribution is -0.136. The average Bonchev–Trinajstić information content (AvgIpc) is 3.19. The quantitative estimate of drug-likeness (QED) is 0.381. The van der Waals surface area contributed by atoms with Gasteiger partial charge in [0.1, 0.15) is 18.4 Å². The Morgan fingerprint density at radius 1 is 1.22 bits per heavy atom. The summed E-state index contributed by atoms with van der Waals surface area (Å²) in [6, 6.07) is 14.6. The molecule has 2 aromatic carbocycles. The van der Waals surface area contributed by atoms with Gasteiger partial charge in [0.2, 0.25) is 11.1 Å². The first-order valence-corrected chi connectivity index (χ1v) is 11.5. The molecule has 0 saturated heterocycles. The molecule has 1 N–H and O–H groups in total. The second kappa shape index (κ2) is 9.67. The molecule has 166 valence electrons. The number of para-hydroxylation sites is 1. The topological polar surface area (TPSA) is 78.3 Å². The van der Waals surface area contributed by atoms with E-state index in [2.05, 4.69) is 15.4 Å². The van der Waals surface area contributed by atoms with Gasteiger partial charge in [-0.25, -0.2) is 9.48 Å². The summed E-state index contributed by atoms with van der Waals surface area (Å²) < 4.78 is 13.0. The third-order valence-electron chi connectivity index (χ3n) is 5.03. The van der Waals surface area contributed by atoms with Crippen LogP contribution in [0.1, 0.15) is 31.0 Å². The van der Waals surface area contributed by atoms with Crippen molar-refractivity contribution in [2.75, 3.05) is 18.2 Å². The van der Waals surface area contributed by atoms with Crippen LogP contribution in [0.15, 0.2) is 65.0 Å². The van der Waals surface area contributed by atoms with E-state index >= 15 is 0 Å². The number of benzene rings is 2. The Labute approximate surface area is 195 Å². The Morgan fingerprint density at radius 3 is 2.69 bits per heavy atom. The van der Waals surface area contributed by atoms with E-state index in [1.165, 1.54) is 18.9 Å². The number of carbonyl (C=O) groups is 1. The van der Waals surface area contributed by atoms with E-state index in [0.717, 1.165) is 16.9 Å². The lowest BCUT2D eigenvalue weighted by atomic mass is 9.95. The summed E-state index contributed by atoms with van der Waals surface area (Å²) >= 11 is 7.52. The summed E-state index contributed by atoms with van der Waals surface area (Å²) in [5.41, 5.74) is 2.90. The van der Waals surface area contributed by atoms with Crippen molar-refractivity contribution < 1.29 is 14.3 Å². The molecule has 9 heteroatoms. The normalized spacial score (nSPS) is 15.2. The van der Waals surface area contributed by atoms with Gasteiger partial charge in [-0.1, -0.05) is 60.6 Å². The molecule has 0 aliphatic carbocycles. The predicted molar refractivity (Wildman–Crippen MR) is 125 cm³/mol. The zero-order chi connectivity index (χ0) is 22.7. The fraction of sp³-hybridized carbons (Fsp3) is 0.261. The summed E-state index contributed by atoms with van der Waals surface area (Å²) in [4.78, 5) is 17.4. The van der Waals surface area contributed by atoms with Gasteiger partial charge in [-0.15, -0.1) is 5.10 Å². The minimum Gasteiger partial charge on any atom is -0.489 e. The maximum atomic E-state index is 12.8. The molecule has 1 aliphatic rings. The number of fused-ring (bicyclic) bond motifs is 1. The Bertz CT molecular complexity index is 1160. The van der Waals surface area contributed by atoms with Crippen molar-refractivity contribution in [3.8, 4) is 5.75 Å². The number of ether oxygens (including phenoxy) is 2. The molecule has 0 saturated carbocycles. The highest BCUT2D eigenvalue weighted by molar-refractivity contribution is 7.99. The van der Waals surface area contributed by atoms with Gasteiger partial charge in [0.25, 0.3) is 0 Å². The van der Waals surface area contributed by atoms with Crippen LogP contribution in [-0.2, 0) is 16.1 Å².